The summed E-state index contributed by atoms with van der Waals surface area (Å²) in [6.45, 7) is 6.53. The first-order valence-electron chi connectivity index (χ1n) is 13.3. The van der Waals surface area contributed by atoms with Gasteiger partial charge in [0.2, 0.25) is 0 Å². The van der Waals surface area contributed by atoms with Crippen LogP contribution in [0.15, 0.2) is 65.8 Å². The van der Waals surface area contributed by atoms with Crippen molar-refractivity contribution in [2.24, 2.45) is 5.73 Å². The molecule has 0 aliphatic carbocycles. The van der Waals surface area contributed by atoms with Gasteiger partial charge in [-0.3, -0.25) is 15.2 Å². The molecule has 11 heteroatoms. The predicted octanol–water partition coefficient (Wildman–Crippen LogP) is 2.16. The van der Waals surface area contributed by atoms with Crippen molar-refractivity contribution in [3.8, 4) is 0 Å². The number of hydrogen-bond acceptors (Lipinski definition) is 9. The number of allylic oxidation sites excluding steroid dienone is 2. The Labute approximate surface area is 232 Å². The lowest BCUT2D eigenvalue weighted by molar-refractivity contribution is 0.0925. The van der Waals surface area contributed by atoms with Crippen LogP contribution in [-0.2, 0) is 4.74 Å². The van der Waals surface area contributed by atoms with E-state index in [2.05, 4.69) is 38.6 Å². The summed E-state index contributed by atoms with van der Waals surface area (Å²) in [4.78, 5) is 19.9. The number of nitrogens with zero attached hydrogens (tertiary/aromatic N) is 3. The van der Waals surface area contributed by atoms with Gasteiger partial charge in [-0.1, -0.05) is 23.7 Å². The summed E-state index contributed by atoms with van der Waals surface area (Å²) in [5.74, 6) is 1.47. The van der Waals surface area contributed by atoms with Crippen molar-refractivity contribution in [1.29, 1.82) is 0 Å². The number of anilines is 1. The van der Waals surface area contributed by atoms with Gasteiger partial charge >= 0.3 is 0 Å². The summed E-state index contributed by atoms with van der Waals surface area (Å²) in [6.07, 6.45) is 6.72. The molecule has 5 heterocycles. The first-order chi connectivity index (χ1) is 18.9. The van der Waals surface area contributed by atoms with E-state index in [0.29, 0.717) is 30.2 Å². The SMILES string of the molecule is CCOC1=CN2NC3NNCC3=C2C(c2ccc(N3CC[C@H](NC(=O)c4c(C)cccc4Cl)[C@@H](N)C3)nc2)=C1. The zero-order chi connectivity index (χ0) is 27.1. The Morgan fingerprint density at radius 3 is 2.92 bits per heavy atom. The lowest BCUT2D eigenvalue weighted by Crippen LogP contribution is -2.58. The van der Waals surface area contributed by atoms with E-state index in [4.69, 9.17) is 27.1 Å². The summed E-state index contributed by atoms with van der Waals surface area (Å²) in [7, 11) is 0. The molecule has 6 N–H and O–H groups in total. The Morgan fingerprint density at radius 2 is 2.18 bits per heavy atom. The largest absolute Gasteiger partial charge is 0.492 e. The number of carbonyl (C=O) groups is 1. The second kappa shape index (κ2) is 10.6. The Kier molecular flexibility index (Phi) is 7.05. The van der Waals surface area contributed by atoms with Crippen molar-refractivity contribution < 1.29 is 9.53 Å². The monoisotopic (exact) mass is 548 g/mol. The summed E-state index contributed by atoms with van der Waals surface area (Å²) in [5.41, 5.74) is 22.2. The number of rotatable bonds is 6. The van der Waals surface area contributed by atoms with E-state index >= 15 is 0 Å². The van der Waals surface area contributed by atoms with Crippen LogP contribution in [0, 0.1) is 6.92 Å². The highest BCUT2D eigenvalue weighted by Gasteiger charge is 2.37. The standard InChI is InChI=1S/C28H33ClN8O2/c1-3-39-18-11-19(26-20-13-32-34-27(20)35-37(26)14-18)17-7-8-24(31-12-17)36-10-9-23(22(30)15-36)33-28(38)25-16(2)5-4-6-21(25)29/h4-8,11-12,14,22-23,27,32,34-35H,3,9-10,13,15,30H2,1-2H3,(H,33,38)/t22-,23-,27?/m0/s1. The zero-order valence-corrected chi connectivity index (χ0v) is 22.8. The van der Waals surface area contributed by atoms with Gasteiger partial charge in [0.05, 0.1) is 29.1 Å². The molecule has 2 saturated heterocycles. The third-order valence-corrected chi connectivity index (χ3v) is 7.92. The molecule has 2 fully saturated rings. The summed E-state index contributed by atoms with van der Waals surface area (Å²) in [5, 5.41) is 5.58. The summed E-state index contributed by atoms with van der Waals surface area (Å²) in [6, 6.07) is 9.21. The number of halogens is 1. The van der Waals surface area contributed by atoms with Crippen LogP contribution in [0.4, 0.5) is 5.82 Å². The molecule has 0 bridgehead atoms. The van der Waals surface area contributed by atoms with E-state index < -0.39 is 0 Å². The van der Waals surface area contributed by atoms with Crippen LogP contribution < -0.4 is 32.2 Å². The van der Waals surface area contributed by atoms with Gasteiger partial charge in [0.1, 0.15) is 17.7 Å². The molecule has 2 aromatic rings. The molecule has 0 radical (unpaired) electrons. The second-order valence-electron chi connectivity index (χ2n) is 10.1. The average molecular weight is 549 g/mol. The predicted molar refractivity (Wildman–Crippen MR) is 151 cm³/mol. The van der Waals surface area contributed by atoms with E-state index in [1.54, 1.807) is 6.07 Å². The van der Waals surface area contributed by atoms with Crippen molar-refractivity contribution >= 4 is 28.9 Å². The van der Waals surface area contributed by atoms with Crippen LogP contribution >= 0.6 is 11.6 Å². The molecule has 0 spiro atoms. The van der Waals surface area contributed by atoms with Gasteiger partial charge < -0.3 is 20.7 Å². The van der Waals surface area contributed by atoms with E-state index in [9.17, 15) is 4.79 Å². The molecule has 1 aromatic heterocycles. The van der Waals surface area contributed by atoms with Crippen molar-refractivity contribution in [2.75, 3.05) is 31.1 Å². The second-order valence-corrected chi connectivity index (χ2v) is 10.5. The maximum Gasteiger partial charge on any atom is 0.253 e. The van der Waals surface area contributed by atoms with Gasteiger partial charge in [-0.05, 0) is 50.1 Å². The van der Waals surface area contributed by atoms with Gasteiger partial charge in [-0.2, -0.15) is 0 Å². The molecule has 3 atom stereocenters. The van der Waals surface area contributed by atoms with Gasteiger partial charge in [-0.15, -0.1) is 0 Å². The van der Waals surface area contributed by atoms with Crippen LogP contribution in [-0.4, -0.2) is 60.4 Å². The fourth-order valence-electron chi connectivity index (χ4n) is 5.63. The lowest BCUT2D eigenvalue weighted by atomic mass is 9.97. The minimum Gasteiger partial charge on any atom is -0.492 e. The van der Waals surface area contributed by atoms with Gasteiger partial charge in [-0.25, -0.2) is 15.8 Å². The zero-order valence-electron chi connectivity index (χ0n) is 22.0. The van der Waals surface area contributed by atoms with Crippen molar-refractivity contribution in [2.45, 2.75) is 38.5 Å². The highest BCUT2D eigenvalue weighted by Crippen LogP contribution is 2.38. The first-order valence-corrected chi connectivity index (χ1v) is 13.7. The number of aromatic nitrogens is 1. The Hall–Kier alpha value is -3.41. The quantitative estimate of drug-likeness (QED) is 0.370. The number of hydrazine groups is 2. The number of aryl methyl sites for hydroxylation is 1. The third-order valence-electron chi connectivity index (χ3n) is 7.60. The van der Waals surface area contributed by atoms with E-state index in [-0.39, 0.29) is 24.2 Å². The average Bonchev–Trinajstić information content (AvgIpc) is 3.51. The van der Waals surface area contributed by atoms with Gasteiger partial charge in [0, 0.05) is 54.6 Å². The molecule has 10 nitrogen and oxygen atoms in total. The maximum absolute atomic E-state index is 12.9. The Bertz CT molecular complexity index is 1350. The molecule has 1 unspecified atom stereocenters. The summed E-state index contributed by atoms with van der Waals surface area (Å²) >= 11 is 6.29. The highest BCUT2D eigenvalue weighted by molar-refractivity contribution is 6.34. The number of ether oxygens (including phenoxy) is 1. The highest BCUT2D eigenvalue weighted by atomic mass is 35.5. The molecule has 1 amide bonds. The van der Waals surface area contributed by atoms with E-state index in [1.165, 1.54) is 5.57 Å². The van der Waals surface area contributed by atoms with Crippen molar-refractivity contribution in [3.05, 3.63) is 87.5 Å². The normalized spacial score (nSPS) is 24.3. The number of piperidine rings is 1. The van der Waals surface area contributed by atoms with Crippen LogP contribution in [0.25, 0.3) is 5.57 Å². The number of benzene rings is 1. The Balaban J connectivity index is 1.16. The number of pyridine rings is 1. The number of carbonyl (C=O) groups excluding carboxylic acids is 1. The molecule has 39 heavy (non-hydrogen) atoms. The van der Waals surface area contributed by atoms with E-state index in [1.807, 2.05) is 49.5 Å². The van der Waals surface area contributed by atoms with Gasteiger partial charge in [0.25, 0.3) is 5.91 Å². The van der Waals surface area contributed by atoms with Crippen LogP contribution in [0.3, 0.4) is 0 Å². The number of nitrogens with two attached hydrogens (primary N) is 1. The molecule has 4 aliphatic heterocycles. The Morgan fingerprint density at radius 1 is 1.31 bits per heavy atom. The fourth-order valence-corrected chi connectivity index (χ4v) is 5.94. The topological polar surface area (TPSA) is 120 Å². The number of nitrogens with one attached hydrogen (secondary N) is 4. The molecule has 0 saturated carbocycles. The smallest absolute Gasteiger partial charge is 0.253 e. The minimum absolute atomic E-state index is 0.0398. The van der Waals surface area contributed by atoms with Crippen LogP contribution in [0.2, 0.25) is 5.02 Å². The molecular formula is C28H33ClN8O2. The number of fused-ring (bicyclic) bond motifs is 2. The van der Waals surface area contributed by atoms with Crippen LogP contribution in [0.5, 0.6) is 0 Å². The maximum atomic E-state index is 12.9. The minimum atomic E-state index is -0.240. The fraction of sp³-hybridized carbons (Fsp3) is 0.357. The van der Waals surface area contributed by atoms with Crippen LogP contribution in [0.1, 0.15) is 34.8 Å². The van der Waals surface area contributed by atoms with Gasteiger partial charge in [0.15, 0.2) is 0 Å². The molecule has 1 aromatic carbocycles. The van der Waals surface area contributed by atoms with Crippen molar-refractivity contribution in [3.63, 3.8) is 0 Å². The van der Waals surface area contributed by atoms with Crippen molar-refractivity contribution in [1.82, 2.24) is 31.6 Å². The summed E-state index contributed by atoms with van der Waals surface area (Å²) < 4.78 is 5.84. The molecular weight excluding hydrogens is 516 g/mol. The molecule has 4 aliphatic rings. The lowest BCUT2D eigenvalue weighted by Gasteiger charge is -2.37. The first kappa shape index (κ1) is 25.8. The van der Waals surface area contributed by atoms with E-state index in [0.717, 1.165) is 47.1 Å². The number of amides is 1. The molecule has 204 valence electrons. The third kappa shape index (κ3) is 4.90. The molecule has 6 rings (SSSR count). The number of hydrogen-bond donors (Lipinski definition) is 5.